The zero-order chi connectivity index (χ0) is 16.5. The van der Waals surface area contributed by atoms with Gasteiger partial charge in [0.2, 0.25) is 5.95 Å². The molecule has 0 aliphatic carbocycles. The van der Waals surface area contributed by atoms with Crippen LogP contribution in [0.3, 0.4) is 0 Å². The van der Waals surface area contributed by atoms with Gasteiger partial charge >= 0.3 is 0 Å². The Bertz CT molecular complexity index is 903. The minimum Gasteiger partial charge on any atom is -0.452 e. The summed E-state index contributed by atoms with van der Waals surface area (Å²) in [5.74, 6) is 1.45. The molecule has 9 heteroatoms. The molecule has 3 aromatic heterocycles. The number of nitrogen functional groups attached to an aromatic ring is 1. The second kappa shape index (κ2) is 5.85. The molecule has 122 valence electrons. The van der Waals surface area contributed by atoms with E-state index in [1.54, 1.807) is 12.1 Å². The lowest BCUT2D eigenvalue weighted by Crippen LogP contribution is -2.37. The first-order chi connectivity index (χ1) is 11.7. The van der Waals surface area contributed by atoms with Gasteiger partial charge in [-0.15, -0.1) is 0 Å². The normalized spacial score (nSPS) is 14.9. The fourth-order valence-corrected chi connectivity index (χ4v) is 2.58. The van der Waals surface area contributed by atoms with Crippen molar-refractivity contribution >= 4 is 29.2 Å². The van der Waals surface area contributed by atoms with Gasteiger partial charge in [-0.2, -0.15) is 9.97 Å². The molecule has 24 heavy (non-hydrogen) atoms. The number of aromatic nitrogens is 4. The average molecular weight is 326 g/mol. The monoisotopic (exact) mass is 326 g/mol. The van der Waals surface area contributed by atoms with Gasteiger partial charge < -0.3 is 19.8 Å². The molecule has 1 aliphatic rings. The fraction of sp³-hybridized carbons (Fsp3) is 0.267. The number of aldehydes is 1. The number of ether oxygens (including phenoxy) is 1. The Labute approximate surface area is 136 Å². The van der Waals surface area contributed by atoms with E-state index in [1.165, 1.54) is 6.20 Å². The highest BCUT2D eigenvalue weighted by Crippen LogP contribution is 2.26. The number of nitrogens with two attached hydrogens (primary N) is 1. The Morgan fingerprint density at radius 2 is 2.00 bits per heavy atom. The van der Waals surface area contributed by atoms with Gasteiger partial charge in [-0.25, -0.2) is 9.97 Å². The Morgan fingerprint density at radius 3 is 2.75 bits per heavy atom. The van der Waals surface area contributed by atoms with Crippen LogP contribution in [0.1, 0.15) is 10.6 Å². The number of rotatable bonds is 3. The molecular formula is C15H14N6O3. The maximum Gasteiger partial charge on any atom is 0.224 e. The average Bonchev–Trinajstić information content (AvgIpc) is 3.10. The minimum absolute atomic E-state index is 0.146. The van der Waals surface area contributed by atoms with Crippen LogP contribution in [0.15, 0.2) is 22.7 Å². The van der Waals surface area contributed by atoms with E-state index in [-0.39, 0.29) is 11.7 Å². The molecular weight excluding hydrogens is 312 g/mol. The summed E-state index contributed by atoms with van der Waals surface area (Å²) in [4.78, 5) is 30.2. The van der Waals surface area contributed by atoms with Crippen LogP contribution < -0.4 is 10.6 Å². The van der Waals surface area contributed by atoms with Crippen molar-refractivity contribution in [3.8, 4) is 11.5 Å². The quantitative estimate of drug-likeness (QED) is 0.700. The highest BCUT2D eigenvalue weighted by molar-refractivity contribution is 5.85. The molecule has 0 spiro atoms. The largest absolute Gasteiger partial charge is 0.452 e. The summed E-state index contributed by atoms with van der Waals surface area (Å²) < 4.78 is 10.8. The van der Waals surface area contributed by atoms with Crippen LogP contribution in [-0.2, 0) is 4.74 Å². The first-order valence-electron chi connectivity index (χ1n) is 7.43. The van der Waals surface area contributed by atoms with Crippen molar-refractivity contribution < 1.29 is 13.9 Å². The standard InChI is InChI=1S/C15H14N6O3/c16-15-19-13-12(14(20-15)21-3-5-23-6-4-21)18-10(7-17-13)11-2-1-9(8-22)24-11/h1-2,7-8H,3-6H2,(H2,16,17,19,20). The van der Waals surface area contributed by atoms with Gasteiger partial charge in [0.15, 0.2) is 34.8 Å². The van der Waals surface area contributed by atoms with E-state index in [9.17, 15) is 4.79 Å². The topological polar surface area (TPSA) is 120 Å². The third-order valence-corrected chi connectivity index (χ3v) is 3.71. The highest BCUT2D eigenvalue weighted by atomic mass is 16.5. The molecule has 3 aromatic rings. The highest BCUT2D eigenvalue weighted by Gasteiger charge is 2.19. The van der Waals surface area contributed by atoms with Gasteiger partial charge in [-0.1, -0.05) is 0 Å². The summed E-state index contributed by atoms with van der Waals surface area (Å²) in [5, 5.41) is 0. The van der Waals surface area contributed by atoms with Gasteiger partial charge in [0.25, 0.3) is 0 Å². The van der Waals surface area contributed by atoms with E-state index in [2.05, 4.69) is 19.9 Å². The Morgan fingerprint density at radius 1 is 1.17 bits per heavy atom. The first-order valence-corrected chi connectivity index (χ1v) is 7.43. The first kappa shape index (κ1) is 14.5. The Balaban J connectivity index is 1.84. The molecule has 2 N–H and O–H groups in total. The van der Waals surface area contributed by atoms with E-state index in [1.807, 2.05) is 4.90 Å². The summed E-state index contributed by atoms with van der Waals surface area (Å²) in [7, 11) is 0. The molecule has 0 amide bonds. The number of carbonyl (C=O) groups excluding carboxylic acids is 1. The molecule has 0 bridgehead atoms. The van der Waals surface area contributed by atoms with Crippen molar-refractivity contribution in [3.63, 3.8) is 0 Å². The van der Waals surface area contributed by atoms with Gasteiger partial charge in [0.05, 0.1) is 19.4 Å². The molecule has 0 saturated carbocycles. The predicted molar refractivity (Wildman–Crippen MR) is 85.7 cm³/mol. The SMILES string of the molecule is Nc1nc(N2CCOCC2)c2nc(-c3ccc(C=O)o3)cnc2n1. The predicted octanol–water partition coefficient (Wildman–Crippen LogP) is 0.911. The number of fused-ring (bicyclic) bond motifs is 1. The van der Waals surface area contributed by atoms with Crippen LogP contribution in [-0.4, -0.2) is 52.5 Å². The molecule has 0 aromatic carbocycles. The number of anilines is 2. The van der Waals surface area contributed by atoms with Crippen LogP contribution in [0.25, 0.3) is 22.6 Å². The summed E-state index contributed by atoms with van der Waals surface area (Å²) in [6, 6.07) is 3.25. The van der Waals surface area contributed by atoms with Crippen LogP contribution in [0.2, 0.25) is 0 Å². The second-order valence-electron chi connectivity index (χ2n) is 5.25. The molecule has 0 radical (unpaired) electrons. The van der Waals surface area contributed by atoms with E-state index in [0.717, 1.165) is 0 Å². The molecule has 1 fully saturated rings. The smallest absolute Gasteiger partial charge is 0.224 e. The van der Waals surface area contributed by atoms with Gasteiger partial charge in [0, 0.05) is 13.1 Å². The molecule has 0 unspecified atom stereocenters. The lowest BCUT2D eigenvalue weighted by Gasteiger charge is -2.28. The van der Waals surface area contributed by atoms with Gasteiger partial charge in [-0.05, 0) is 12.1 Å². The minimum atomic E-state index is 0.146. The van der Waals surface area contributed by atoms with Crippen LogP contribution in [0.4, 0.5) is 11.8 Å². The third kappa shape index (κ3) is 2.54. The van der Waals surface area contributed by atoms with E-state index < -0.39 is 0 Å². The lowest BCUT2D eigenvalue weighted by molar-refractivity contribution is 0.110. The van der Waals surface area contributed by atoms with Crippen LogP contribution in [0, 0.1) is 0 Å². The molecule has 0 atom stereocenters. The third-order valence-electron chi connectivity index (χ3n) is 3.71. The van der Waals surface area contributed by atoms with E-state index in [4.69, 9.17) is 14.9 Å². The molecule has 4 rings (SSSR count). The number of furan rings is 1. The van der Waals surface area contributed by atoms with Crippen molar-refractivity contribution in [1.29, 1.82) is 0 Å². The number of morpholine rings is 1. The zero-order valence-corrected chi connectivity index (χ0v) is 12.7. The van der Waals surface area contributed by atoms with Crippen molar-refractivity contribution in [2.45, 2.75) is 0 Å². The summed E-state index contributed by atoms with van der Waals surface area (Å²) in [6.07, 6.45) is 2.17. The summed E-state index contributed by atoms with van der Waals surface area (Å²) in [6.45, 7) is 2.60. The van der Waals surface area contributed by atoms with E-state index >= 15 is 0 Å². The molecule has 1 saturated heterocycles. The summed E-state index contributed by atoms with van der Waals surface area (Å²) in [5.41, 5.74) is 7.24. The zero-order valence-electron chi connectivity index (χ0n) is 12.7. The maximum absolute atomic E-state index is 10.8. The van der Waals surface area contributed by atoms with Crippen molar-refractivity contribution in [2.24, 2.45) is 0 Å². The van der Waals surface area contributed by atoms with Crippen molar-refractivity contribution in [3.05, 3.63) is 24.1 Å². The van der Waals surface area contributed by atoms with E-state index in [0.29, 0.717) is 61.0 Å². The molecule has 1 aliphatic heterocycles. The van der Waals surface area contributed by atoms with Crippen molar-refractivity contribution in [1.82, 2.24) is 19.9 Å². The van der Waals surface area contributed by atoms with Crippen LogP contribution >= 0.6 is 0 Å². The Hall–Kier alpha value is -3.07. The maximum atomic E-state index is 10.8. The second-order valence-corrected chi connectivity index (χ2v) is 5.25. The molecule has 9 nitrogen and oxygen atoms in total. The number of hydrogen-bond donors (Lipinski definition) is 1. The lowest BCUT2D eigenvalue weighted by atomic mass is 10.3. The number of hydrogen-bond acceptors (Lipinski definition) is 9. The van der Waals surface area contributed by atoms with Gasteiger partial charge in [0.1, 0.15) is 5.69 Å². The summed E-state index contributed by atoms with van der Waals surface area (Å²) >= 11 is 0. The number of nitrogens with zero attached hydrogens (tertiary/aromatic N) is 5. The van der Waals surface area contributed by atoms with Crippen LogP contribution in [0.5, 0.6) is 0 Å². The fourth-order valence-electron chi connectivity index (χ4n) is 2.58. The molecule has 4 heterocycles. The number of carbonyl (C=O) groups is 1. The Kier molecular flexibility index (Phi) is 3.54. The van der Waals surface area contributed by atoms with Gasteiger partial charge in [-0.3, -0.25) is 4.79 Å². The van der Waals surface area contributed by atoms with Crippen molar-refractivity contribution in [2.75, 3.05) is 36.9 Å².